The standard InChI is InChI=1S/C14H21N5O2.2ClH/c1-14(2,16)13(21)19-8-6-18(7-9-19)12-10(11(15)20)4-3-5-17-12;;/h3-5H,6-9,16H2,1-2H3,(H2,15,20);2*1H. The highest BCUT2D eigenvalue weighted by Gasteiger charge is 2.31. The number of carbonyl (C=O) groups is 2. The van der Waals surface area contributed by atoms with Gasteiger partial charge in [-0.1, -0.05) is 0 Å². The number of amides is 2. The molecule has 0 atom stereocenters. The first kappa shape index (κ1) is 21.4. The van der Waals surface area contributed by atoms with Gasteiger partial charge in [0.1, 0.15) is 5.82 Å². The molecule has 1 aliphatic rings. The van der Waals surface area contributed by atoms with Gasteiger partial charge in [-0.2, -0.15) is 0 Å². The lowest BCUT2D eigenvalue weighted by Gasteiger charge is -2.38. The van der Waals surface area contributed by atoms with Crippen LogP contribution < -0.4 is 16.4 Å². The predicted molar refractivity (Wildman–Crippen MR) is 94.3 cm³/mol. The van der Waals surface area contributed by atoms with Crippen molar-refractivity contribution in [2.45, 2.75) is 19.4 Å². The number of rotatable bonds is 3. The van der Waals surface area contributed by atoms with Crippen LogP contribution >= 0.6 is 24.8 Å². The van der Waals surface area contributed by atoms with Crippen LogP contribution in [-0.4, -0.2) is 53.4 Å². The smallest absolute Gasteiger partial charge is 0.252 e. The van der Waals surface area contributed by atoms with E-state index < -0.39 is 11.4 Å². The Hall–Kier alpha value is -1.57. The minimum absolute atomic E-state index is 0. The summed E-state index contributed by atoms with van der Waals surface area (Å²) in [5.41, 5.74) is 10.7. The predicted octanol–water partition coefficient (Wildman–Crippen LogP) is 0.410. The second-order valence-corrected chi connectivity index (χ2v) is 5.74. The SMILES string of the molecule is CC(C)(N)C(=O)N1CCN(c2ncccc2C(N)=O)CC1.Cl.Cl. The average Bonchev–Trinajstić information content (AvgIpc) is 2.45. The third-order valence-corrected chi connectivity index (χ3v) is 3.47. The van der Waals surface area contributed by atoms with Crippen molar-refractivity contribution >= 4 is 42.4 Å². The van der Waals surface area contributed by atoms with E-state index in [0.29, 0.717) is 37.6 Å². The molecule has 1 aromatic heterocycles. The van der Waals surface area contributed by atoms with Gasteiger partial charge in [0.05, 0.1) is 11.1 Å². The lowest BCUT2D eigenvalue weighted by molar-refractivity contribution is -0.136. The van der Waals surface area contributed by atoms with Crippen LogP contribution in [0.3, 0.4) is 0 Å². The van der Waals surface area contributed by atoms with Crippen LogP contribution in [0.5, 0.6) is 0 Å². The third kappa shape index (κ3) is 4.95. The quantitative estimate of drug-likeness (QED) is 0.808. The summed E-state index contributed by atoms with van der Waals surface area (Å²) in [4.78, 5) is 31.5. The fourth-order valence-electron chi connectivity index (χ4n) is 2.37. The number of nitrogens with zero attached hydrogens (tertiary/aromatic N) is 3. The number of halogens is 2. The van der Waals surface area contributed by atoms with E-state index in [1.165, 1.54) is 0 Å². The fourth-order valence-corrected chi connectivity index (χ4v) is 2.37. The maximum absolute atomic E-state index is 12.1. The fraction of sp³-hybridized carbons (Fsp3) is 0.500. The van der Waals surface area contributed by atoms with Crippen molar-refractivity contribution < 1.29 is 9.59 Å². The Balaban J connectivity index is 0.00000242. The largest absolute Gasteiger partial charge is 0.365 e. The Morgan fingerprint density at radius 2 is 1.74 bits per heavy atom. The molecule has 2 rings (SSSR count). The Labute approximate surface area is 148 Å². The Bertz CT molecular complexity index is 554. The Morgan fingerprint density at radius 3 is 2.22 bits per heavy atom. The minimum atomic E-state index is -0.869. The molecule has 0 aliphatic carbocycles. The van der Waals surface area contributed by atoms with E-state index in [0.717, 1.165) is 0 Å². The molecule has 0 unspecified atom stereocenters. The topological polar surface area (TPSA) is 106 Å². The summed E-state index contributed by atoms with van der Waals surface area (Å²) in [6.07, 6.45) is 1.63. The first-order valence-corrected chi connectivity index (χ1v) is 6.88. The highest BCUT2D eigenvalue weighted by Crippen LogP contribution is 2.19. The van der Waals surface area contributed by atoms with Crippen LogP contribution in [0.15, 0.2) is 18.3 Å². The molecule has 0 bridgehead atoms. The summed E-state index contributed by atoms with van der Waals surface area (Å²) < 4.78 is 0. The number of primary amides is 1. The van der Waals surface area contributed by atoms with Crippen LogP contribution in [0, 0.1) is 0 Å². The van der Waals surface area contributed by atoms with Crippen molar-refractivity contribution in [3.63, 3.8) is 0 Å². The molecule has 1 aliphatic heterocycles. The monoisotopic (exact) mass is 363 g/mol. The first-order chi connectivity index (χ1) is 9.80. The molecule has 7 nitrogen and oxygen atoms in total. The average molecular weight is 364 g/mol. The molecular weight excluding hydrogens is 341 g/mol. The molecule has 2 amide bonds. The molecule has 2 heterocycles. The molecule has 4 N–H and O–H groups in total. The van der Waals surface area contributed by atoms with Crippen LogP contribution in [0.25, 0.3) is 0 Å². The molecule has 0 radical (unpaired) electrons. The molecule has 1 saturated heterocycles. The Morgan fingerprint density at radius 1 is 1.17 bits per heavy atom. The molecule has 0 aromatic carbocycles. The zero-order chi connectivity index (χ0) is 15.6. The summed E-state index contributed by atoms with van der Waals surface area (Å²) in [6, 6.07) is 3.34. The number of pyridine rings is 1. The van der Waals surface area contributed by atoms with E-state index in [2.05, 4.69) is 4.98 Å². The lowest BCUT2D eigenvalue weighted by Crippen LogP contribution is -2.57. The van der Waals surface area contributed by atoms with Crippen molar-refractivity contribution in [2.75, 3.05) is 31.1 Å². The summed E-state index contributed by atoms with van der Waals surface area (Å²) in [7, 11) is 0. The second kappa shape index (κ2) is 8.33. The van der Waals surface area contributed by atoms with E-state index in [9.17, 15) is 9.59 Å². The summed E-state index contributed by atoms with van der Waals surface area (Å²) in [5, 5.41) is 0. The molecule has 0 spiro atoms. The van der Waals surface area contributed by atoms with Crippen molar-refractivity contribution in [3.05, 3.63) is 23.9 Å². The molecule has 23 heavy (non-hydrogen) atoms. The third-order valence-electron chi connectivity index (χ3n) is 3.47. The summed E-state index contributed by atoms with van der Waals surface area (Å²) >= 11 is 0. The van der Waals surface area contributed by atoms with Gasteiger partial charge >= 0.3 is 0 Å². The molecule has 130 valence electrons. The van der Waals surface area contributed by atoms with Crippen molar-refractivity contribution in [1.29, 1.82) is 0 Å². The number of nitrogens with two attached hydrogens (primary N) is 2. The number of aromatic nitrogens is 1. The summed E-state index contributed by atoms with van der Waals surface area (Å²) in [5.74, 6) is 0.00195. The van der Waals surface area contributed by atoms with Crippen LogP contribution in [0.2, 0.25) is 0 Å². The number of anilines is 1. The van der Waals surface area contributed by atoms with Gasteiger partial charge in [-0.05, 0) is 26.0 Å². The van der Waals surface area contributed by atoms with Gasteiger partial charge in [-0.15, -0.1) is 24.8 Å². The van der Waals surface area contributed by atoms with Gasteiger partial charge in [0.2, 0.25) is 5.91 Å². The van der Waals surface area contributed by atoms with Crippen LogP contribution in [0.4, 0.5) is 5.82 Å². The zero-order valence-corrected chi connectivity index (χ0v) is 14.8. The minimum Gasteiger partial charge on any atom is -0.365 e. The number of carbonyl (C=O) groups excluding carboxylic acids is 2. The van der Waals surface area contributed by atoms with Crippen LogP contribution in [-0.2, 0) is 4.79 Å². The molecule has 1 fully saturated rings. The summed E-state index contributed by atoms with van der Waals surface area (Å²) in [6.45, 7) is 5.69. The van der Waals surface area contributed by atoms with E-state index in [1.54, 1.807) is 37.1 Å². The van der Waals surface area contributed by atoms with Crippen LogP contribution in [0.1, 0.15) is 24.2 Å². The van der Waals surface area contributed by atoms with Gasteiger partial charge in [-0.25, -0.2) is 4.98 Å². The highest BCUT2D eigenvalue weighted by molar-refractivity contribution is 5.97. The highest BCUT2D eigenvalue weighted by atomic mass is 35.5. The second-order valence-electron chi connectivity index (χ2n) is 5.74. The normalized spacial score (nSPS) is 14.6. The zero-order valence-electron chi connectivity index (χ0n) is 13.2. The van der Waals surface area contributed by atoms with Gasteiger partial charge in [0.25, 0.3) is 5.91 Å². The number of piperazine rings is 1. The van der Waals surface area contributed by atoms with Gasteiger partial charge < -0.3 is 21.3 Å². The van der Waals surface area contributed by atoms with Crippen molar-refractivity contribution in [3.8, 4) is 0 Å². The lowest BCUT2D eigenvalue weighted by atomic mass is 10.0. The van der Waals surface area contributed by atoms with E-state index in [-0.39, 0.29) is 30.7 Å². The van der Waals surface area contributed by atoms with E-state index in [4.69, 9.17) is 11.5 Å². The van der Waals surface area contributed by atoms with E-state index in [1.807, 2.05) is 4.90 Å². The molecule has 0 saturated carbocycles. The first-order valence-electron chi connectivity index (χ1n) is 6.88. The van der Waals surface area contributed by atoms with Gasteiger partial charge in [0.15, 0.2) is 0 Å². The maximum atomic E-state index is 12.1. The van der Waals surface area contributed by atoms with E-state index >= 15 is 0 Å². The van der Waals surface area contributed by atoms with Gasteiger partial charge in [0, 0.05) is 32.4 Å². The number of hydrogen-bond donors (Lipinski definition) is 2. The van der Waals surface area contributed by atoms with Crippen molar-refractivity contribution in [1.82, 2.24) is 9.88 Å². The van der Waals surface area contributed by atoms with Crippen molar-refractivity contribution in [2.24, 2.45) is 11.5 Å². The molecular formula is C14H23Cl2N5O2. The molecule has 1 aromatic rings. The van der Waals surface area contributed by atoms with Gasteiger partial charge in [-0.3, -0.25) is 9.59 Å². The maximum Gasteiger partial charge on any atom is 0.252 e. The number of hydrogen-bond acceptors (Lipinski definition) is 5. The molecule has 9 heteroatoms. The Kier molecular flexibility index (Phi) is 7.76.